The molecule has 0 bridgehead atoms. The summed E-state index contributed by atoms with van der Waals surface area (Å²) >= 11 is 0. The zero-order valence-corrected chi connectivity index (χ0v) is 20.0. The molecule has 1 saturated carbocycles. The van der Waals surface area contributed by atoms with Crippen molar-refractivity contribution in [1.82, 2.24) is 4.90 Å². The van der Waals surface area contributed by atoms with Crippen LogP contribution in [-0.4, -0.2) is 61.6 Å². The Balaban J connectivity index is 1.93. The molecule has 3 atom stereocenters. The predicted octanol–water partition coefficient (Wildman–Crippen LogP) is 4.01. The Bertz CT molecular complexity index is 815. The smallest absolute Gasteiger partial charge is 0.337 e. The third-order valence-corrected chi connectivity index (χ3v) is 6.78. The first kappa shape index (κ1) is 25.2. The van der Waals surface area contributed by atoms with Crippen molar-refractivity contribution < 1.29 is 28.9 Å². The molecule has 1 aromatic rings. The van der Waals surface area contributed by atoms with Gasteiger partial charge in [-0.2, -0.15) is 0 Å². The molecule has 0 spiro atoms. The summed E-state index contributed by atoms with van der Waals surface area (Å²) in [4.78, 5) is 27.1. The van der Waals surface area contributed by atoms with Crippen LogP contribution in [0.15, 0.2) is 36.1 Å². The summed E-state index contributed by atoms with van der Waals surface area (Å²) in [6, 6.07) is 7.48. The van der Waals surface area contributed by atoms with Crippen LogP contribution in [-0.2, 0) is 19.0 Å². The average molecular weight is 460 g/mol. The van der Waals surface area contributed by atoms with Crippen LogP contribution < -0.4 is 0 Å². The molecule has 0 radical (unpaired) electrons. The summed E-state index contributed by atoms with van der Waals surface area (Å²) in [5, 5.41) is 9.44. The third-order valence-electron chi connectivity index (χ3n) is 6.78. The molecule has 1 amide bonds. The fourth-order valence-electron chi connectivity index (χ4n) is 4.90. The van der Waals surface area contributed by atoms with E-state index < -0.39 is 12.3 Å². The number of esters is 1. The van der Waals surface area contributed by atoms with Crippen LogP contribution in [0.2, 0.25) is 0 Å². The van der Waals surface area contributed by atoms with Gasteiger partial charge in [0.2, 0.25) is 6.29 Å². The number of hydrogen-bond acceptors (Lipinski definition) is 6. The lowest BCUT2D eigenvalue weighted by Gasteiger charge is -2.39. The molecule has 2 aliphatic rings. The van der Waals surface area contributed by atoms with E-state index in [2.05, 4.69) is 0 Å². The van der Waals surface area contributed by atoms with Gasteiger partial charge in [0.05, 0.1) is 12.7 Å². The summed E-state index contributed by atoms with van der Waals surface area (Å²) in [6.45, 7) is 2.43. The first-order valence-corrected chi connectivity index (χ1v) is 12.1. The number of likely N-dealkylation sites (N-methyl/N-ethyl adjacent to an activating group) is 1. The van der Waals surface area contributed by atoms with E-state index in [1.54, 1.807) is 12.1 Å². The van der Waals surface area contributed by atoms with Crippen molar-refractivity contribution >= 4 is 11.9 Å². The Labute approximate surface area is 196 Å². The number of carbonyl (C=O) groups is 2. The molecule has 1 aliphatic heterocycles. The van der Waals surface area contributed by atoms with E-state index in [9.17, 15) is 14.7 Å². The molecule has 0 saturated heterocycles. The summed E-state index contributed by atoms with van der Waals surface area (Å²) in [6.07, 6.45) is 8.13. The van der Waals surface area contributed by atoms with E-state index in [0.29, 0.717) is 30.8 Å². The Morgan fingerprint density at radius 2 is 1.85 bits per heavy atom. The first-order chi connectivity index (χ1) is 16.0. The highest BCUT2D eigenvalue weighted by Gasteiger charge is 2.39. The molecule has 1 N–H and O–H groups in total. The van der Waals surface area contributed by atoms with Crippen LogP contribution in [0.1, 0.15) is 73.7 Å². The van der Waals surface area contributed by atoms with Gasteiger partial charge >= 0.3 is 5.97 Å². The Morgan fingerprint density at radius 1 is 1.15 bits per heavy atom. The summed E-state index contributed by atoms with van der Waals surface area (Å²) in [5.74, 6) is -0.421. The lowest BCUT2D eigenvalue weighted by Crippen LogP contribution is -2.43. The van der Waals surface area contributed by atoms with E-state index in [1.807, 2.05) is 37.1 Å². The van der Waals surface area contributed by atoms with Gasteiger partial charge in [-0.25, -0.2) is 4.79 Å². The van der Waals surface area contributed by atoms with Crippen LogP contribution in [0, 0.1) is 5.92 Å². The van der Waals surface area contributed by atoms with Crippen molar-refractivity contribution in [2.24, 2.45) is 5.92 Å². The number of ether oxygens (including phenoxy) is 3. The first-order valence-electron chi connectivity index (χ1n) is 12.1. The van der Waals surface area contributed by atoms with Crippen molar-refractivity contribution in [2.45, 2.75) is 70.1 Å². The van der Waals surface area contributed by atoms with Crippen molar-refractivity contribution in [3.05, 3.63) is 47.2 Å². The molecule has 7 heteroatoms. The Kier molecular flexibility index (Phi) is 9.32. The van der Waals surface area contributed by atoms with E-state index in [0.717, 1.165) is 31.2 Å². The minimum Gasteiger partial charge on any atom is -0.465 e. The van der Waals surface area contributed by atoms with Crippen LogP contribution in [0.25, 0.3) is 0 Å². The van der Waals surface area contributed by atoms with Gasteiger partial charge in [-0.1, -0.05) is 31.4 Å². The number of aliphatic hydroxyl groups is 1. The highest BCUT2D eigenvalue weighted by molar-refractivity contribution is 5.92. The van der Waals surface area contributed by atoms with Gasteiger partial charge in [0, 0.05) is 38.1 Å². The minimum atomic E-state index is -0.587. The number of allylic oxidation sites excluding steroid dienone is 1. The van der Waals surface area contributed by atoms with E-state index in [-0.39, 0.29) is 30.4 Å². The lowest BCUT2D eigenvalue weighted by atomic mass is 9.80. The minimum absolute atomic E-state index is 0.0717. The molecule has 1 aromatic carbocycles. The monoisotopic (exact) mass is 459 g/mol. The Morgan fingerprint density at radius 3 is 2.45 bits per heavy atom. The number of hydrogen-bond donors (Lipinski definition) is 1. The largest absolute Gasteiger partial charge is 0.465 e. The molecule has 1 fully saturated rings. The summed E-state index contributed by atoms with van der Waals surface area (Å²) in [5.41, 5.74) is 1.43. The van der Waals surface area contributed by atoms with Crippen molar-refractivity contribution in [3.8, 4) is 0 Å². The fraction of sp³-hybridized carbons (Fsp3) is 0.615. The molecular formula is C26H37NO6. The van der Waals surface area contributed by atoms with Crippen molar-refractivity contribution in [2.75, 3.05) is 27.4 Å². The predicted molar refractivity (Wildman–Crippen MR) is 125 cm³/mol. The van der Waals surface area contributed by atoms with Gasteiger partial charge in [0.25, 0.3) is 5.91 Å². The summed E-state index contributed by atoms with van der Waals surface area (Å²) < 4.78 is 16.9. The van der Waals surface area contributed by atoms with Gasteiger partial charge in [-0.15, -0.1) is 0 Å². The standard InChI is InChI=1S/C26H37NO6/c1-4-32-26-21(11-8-16-28)22(18-12-14-19(15-13-18)25(30)31-3)17-23(33-26)24(29)27(2)20-9-6-5-7-10-20/h12-15,17,20-22,26,28H,4-11,16H2,1-3H3/t21-,22-,26-/m0/s1. The second-order valence-electron chi connectivity index (χ2n) is 8.85. The van der Waals surface area contributed by atoms with E-state index in [4.69, 9.17) is 14.2 Å². The number of nitrogens with zero attached hydrogens (tertiary/aromatic N) is 1. The topological polar surface area (TPSA) is 85.3 Å². The SMILES string of the molecule is CCO[C@H]1OC(C(=O)N(C)C2CCCCC2)=C[C@@H](c2ccc(C(=O)OC)cc2)[C@@H]1CCCO. The van der Waals surface area contributed by atoms with E-state index in [1.165, 1.54) is 13.5 Å². The van der Waals surface area contributed by atoms with Crippen LogP contribution in [0.5, 0.6) is 0 Å². The highest BCUT2D eigenvalue weighted by Crippen LogP contribution is 2.40. The quantitative estimate of drug-likeness (QED) is 0.562. The average Bonchev–Trinajstić information content (AvgIpc) is 2.87. The molecular weight excluding hydrogens is 422 g/mol. The Hall–Kier alpha value is -2.38. The second kappa shape index (κ2) is 12.2. The van der Waals surface area contributed by atoms with Gasteiger partial charge in [0.15, 0.2) is 5.76 Å². The maximum Gasteiger partial charge on any atom is 0.337 e. The van der Waals surface area contributed by atoms with Crippen molar-refractivity contribution in [3.63, 3.8) is 0 Å². The van der Waals surface area contributed by atoms with Gasteiger partial charge in [0.1, 0.15) is 0 Å². The summed E-state index contributed by atoms with van der Waals surface area (Å²) in [7, 11) is 3.21. The lowest BCUT2D eigenvalue weighted by molar-refractivity contribution is -0.170. The normalized spacial score (nSPS) is 23.4. The number of amides is 1. The molecule has 7 nitrogen and oxygen atoms in total. The fourth-order valence-corrected chi connectivity index (χ4v) is 4.90. The van der Waals surface area contributed by atoms with Gasteiger partial charge in [-0.3, -0.25) is 4.79 Å². The number of benzene rings is 1. The maximum atomic E-state index is 13.4. The molecule has 33 heavy (non-hydrogen) atoms. The van der Waals surface area contributed by atoms with Crippen molar-refractivity contribution in [1.29, 1.82) is 0 Å². The number of carbonyl (C=O) groups excluding carboxylic acids is 2. The molecule has 1 heterocycles. The molecule has 182 valence electrons. The van der Waals surface area contributed by atoms with Crippen LogP contribution >= 0.6 is 0 Å². The highest BCUT2D eigenvalue weighted by atomic mass is 16.7. The van der Waals surface area contributed by atoms with Crippen LogP contribution in [0.3, 0.4) is 0 Å². The zero-order valence-electron chi connectivity index (χ0n) is 20.0. The van der Waals surface area contributed by atoms with Crippen LogP contribution in [0.4, 0.5) is 0 Å². The van der Waals surface area contributed by atoms with Gasteiger partial charge in [-0.05, 0) is 56.4 Å². The molecule has 0 aromatic heterocycles. The molecule has 3 rings (SSSR count). The second-order valence-corrected chi connectivity index (χ2v) is 8.85. The number of aliphatic hydroxyl groups excluding tert-OH is 1. The molecule has 0 unspecified atom stereocenters. The maximum absolute atomic E-state index is 13.4. The number of rotatable bonds is 9. The number of methoxy groups -OCH3 is 1. The zero-order chi connectivity index (χ0) is 23.8. The third kappa shape index (κ3) is 6.15. The van der Waals surface area contributed by atoms with E-state index >= 15 is 0 Å². The molecule has 1 aliphatic carbocycles. The van der Waals surface area contributed by atoms with Gasteiger partial charge < -0.3 is 24.2 Å².